The lowest BCUT2D eigenvalue weighted by molar-refractivity contribution is 0.415. The number of methoxy groups -OCH3 is 1. The van der Waals surface area contributed by atoms with Crippen LogP contribution in [0.4, 0.5) is 5.69 Å². The molecule has 0 aliphatic heterocycles. The zero-order valence-electron chi connectivity index (χ0n) is 10.0. The number of rotatable bonds is 3. The van der Waals surface area contributed by atoms with E-state index in [2.05, 4.69) is 17.4 Å². The average Bonchev–Trinajstić information content (AvgIpc) is 2.59. The lowest BCUT2D eigenvalue weighted by Crippen LogP contribution is -2.17. The van der Waals surface area contributed by atoms with Gasteiger partial charge in [-0.2, -0.15) is 0 Å². The van der Waals surface area contributed by atoms with E-state index in [0.29, 0.717) is 6.04 Å². The Bertz CT molecular complexity index is 299. The number of hydrogen-bond acceptors (Lipinski definition) is 2. The standard InChI is InChI=1S/C14H21NO/c1-16-14-10-8-13(9-11-14)15-12-6-4-2-3-5-7-12/h8-12,15H,2-7H2,1H3. The van der Waals surface area contributed by atoms with Crippen molar-refractivity contribution in [2.24, 2.45) is 0 Å². The van der Waals surface area contributed by atoms with Gasteiger partial charge in [-0.3, -0.25) is 0 Å². The fourth-order valence-electron chi connectivity index (χ4n) is 2.35. The predicted molar refractivity (Wildman–Crippen MR) is 68.1 cm³/mol. The first-order valence-electron chi connectivity index (χ1n) is 6.29. The van der Waals surface area contributed by atoms with Gasteiger partial charge in [0.25, 0.3) is 0 Å². The Hall–Kier alpha value is -1.18. The highest BCUT2D eigenvalue weighted by molar-refractivity contribution is 5.47. The molecule has 2 heteroatoms. The third-order valence-electron chi connectivity index (χ3n) is 3.32. The van der Waals surface area contributed by atoms with Crippen molar-refractivity contribution in [1.29, 1.82) is 0 Å². The van der Waals surface area contributed by atoms with Gasteiger partial charge in [0.15, 0.2) is 0 Å². The summed E-state index contributed by atoms with van der Waals surface area (Å²) in [5.41, 5.74) is 1.22. The molecule has 0 heterocycles. The summed E-state index contributed by atoms with van der Waals surface area (Å²) in [6.07, 6.45) is 8.17. The maximum atomic E-state index is 5.15. The molecule has 16 heavy (non-hydrogen) atoms. The number of hydrogen-bond donors (Lipinski definition) is 1. The SMILES string of the molecule is COc1ccc(NC2CCCCCC2)cc1. The third kappa shape index (κ3) is 3.16. The van der Waals surface area contributed by atoms with Gasteiger partial charge in [-0.1, -0.05) is 25.7 Å². The van der Waals surface area contributed by atoms with E-state index in [1.54, 1.807) is 7.11 Å². The largest absolute Gasteiger partial charge is 0.497 e. The molecule has 1 aliphatic carbocycles. The van der Waals surface area contributed by atoms with Gasteiger partial charge in [-0.05, 0) is 37.1 Å². The number of nitrogens with one attached hydrogen (secondary N) is 1. The highest BCUT2D eigenvalue weighted by Gasteiger charge is 2.11. The van der Waals surface area contributed by atoms with Gasteiger partial charge in [0.05, 0.1) is 7.11 Å². The highest BCUT2D eigenvalue weighted by Crippen LogP contribution is 2.22. The molecule has 1 aromatic carbocycles. The minimum atomic E-state index is 0.663. The maximum Gasteiger partial charge on any atom is 0.119 e. The topological polar surface area (TPSA) is 21.3 Å². The van der Waals surface area contributed by atoms with E-state index in [4.69, 9.17) is 4.74 Å². The van der Waals surface area contributed by atoms with Crippen molar-refractivity contribution in [3.63, 3.8) is 0 Å². The van der Waals surface area contributed by atoms with Crippen LogP contribution in [0, 0.1) is 0 Å². The van der Waals surface area contributed by atoms with Crippen molar-refractivity contribution in [1.82, 2.24) is 0 Å². The molecule has 0 atom stereocenters. The fraction of sp³-hybridized carbons (Fsp3) is 0.571. The maximum absolute atomic E-state index is 5.15. The minimum Gasteiger partial charge on any atom is -0.497 e. The van der Waals surface area contributed by atoms with Crippen LogP contribution in [0.15, 0.2) is 24.3 Å². The highest BCUT2D eigenvalue weighted by atomic mass is 16.5. The second-order valence-corrected chi connectivity index (χ2v) is 4.56. The Morgan fingerprint density at radius 2 is 1.62 bits per heavy atom. The van der Waals surface area contributed by atoms with Gasteiger partial charge >= 0.3 is 0 Å². The van der Waals surface area contributed by atoms with Gasteiger partial charge in [-0.15, -0.1) is 0 Å². The number of anilines is 1. The Morgan fingerprint density at radius 3 is 2.19 bits per heavy atom. The molecule has 88 valence electrons. The van der Waals surface area contributed by atoms with Gasteiger partial charge in [0.1, 0.15) is 5.75 Å². The summed E-state index contributed by atoms with van der Waals surface area (Å²) in [6, 6.07) is 8.89. The molecule has 0 amide bonds. The van der Waals surface area contributed by atoms with Crippen molar-refractivity contribution >= 4 is 5.69 Å². The number of benzene rings is 1. The van der Waals surface area contributed by atoms with Crippen LogP contribution in [0.25, 0.3) is 0 Å². The van der Waals surface area contributed by atoms with Crippen LogP contribution in [0.5, 0.6) is 5.75 Å². The second-order valence-electron chi connectivity index (χ2n) is 4.56. The van der Waals surface area contributed by atoms with Gasteiger partial charge < -0.3 is 10.1 Å². The molecule has 1 N–H and O–H groups in total. The molecular weight excluding hydrogens is 198 g/mol. The zero-order valence-corrected chi connectivity index (χ0v) is 10.0. The van der Waals surface area contributed by atoms with Crippen molar-refractivity contribution in [3.8, 4) is 5.75 Å². The summed E-state index contributed by atoms with van der Waals surface area (Å²) >= 11 is 0. The second kappa shape index (κ2) is 5.78. The van der Waals surface area contributed by atoms with E-state index in [0.717, 1.165) is 5.75 Å². The fourth-order valence-corrected chi connectivity index (χ4v) is 2.35. The zero-order chi connectivity index (χ0) is 11.2. The van der Waals surface area contributed by atoms with Crippen LogP contribution in [0.1, 0.15) is 38.5 Å². The first-order valence-corrected chi connectivity index (χ1v) is 6.29. The number of ether oxygens (including phenoxy) is 1. The quantitative estimate of drug-likeness (QED) is 0.780. The lowest BCUT2D eigenvalue weighted by atomic mass is 10.1. The normalized spacial score (nSPS) is 17.8. The molecule has 2 rings (SSSR count). The molecule has 0 aromatic heterocycles. The lowest BCUT2D eigenvalue weighted by Gasteiger charge is -2.17. The smallest absolute Gasteiger partial charge is 0.119 e. The summed E-state index contributed by atoms with van der Waals surface area (Å²) in [5.74, 6) is 0.923. The van der Waals surface area contributed by atoms with Crippen LogP contribution < -0.4 is 10.1 Å². The molecule has 1 aliphatic rings. The van der Waals surface area contributed by atoms with Crippen molar-refractivity contribution in [2.45, 2.75) is 44.6 Å². The van der Waals surface area contributed by atoms with E-state index in [9.17, 15) is 0 Å². The Kier molecular flexibility index (Phi) is 4.09. The first-order chi connectivity index (χ1) is 7.88. The Morgan fingerprint density at radius 1 is 1.00 bits per heavy atom. The van der Waals surface area contributed by atoms with Crippen molar-refractivity contribution in [3.05, 3.63) is 24.3 Å². The van der Waals surface area contributed by atoms with Gasteiger partial charge in [-0.25, -0.2) is 0 Å². The predicted octanol–water partition coefficient (Wildman–Crippen LogP) is 3.83. The Balaban J connectivity index is 1.91. The minimum absolute atomic E-state index is 0.663. The monoisotopic (exact) mass is 219 g/mol. The molecule has 0 spiro atoms. The van der Waals surface area contributed by atoms with E-state index in [1.807, 2.05) is 12.1 Å². The van der Waals surface area contributed by atoms with Crippen molar-refractivity contribution < 1.29 is 4.74 Å². The van der Waals surface area contributed by atoms with Crippen LogP contribution >= 0.6 is 0 Å². The third-order valence-corrected chi connectivity index (χ3v) is 3.32. The summed E-state index contributed by atoms with van der Waals surface area (Å²) in [6.45, 7) is 0. The molecule has 0 radical (unpaired) electrons. The summed E-state index contributed by atoms with van der Waals surface area (Å²) in [4.78, 5) is 0. The van der Waals surface area contributed by atoms with Gasteiger partial charge in [0.2, 0.25) is 0 Å². The first kappa shape index (κ1) is 11.3. The van der Waals surface area contributed by atoms with E-state index in [-0.39, 0.29) is 0 Å². The van der Waals surface area contributed by atoms with Gasteiger partial charge in [0, 0.05) is 11.7 Å². The van der Waals surface area contributed by atoms with Crippen LogP contribution in [0.2, 0.25) is 0 Å². The molecule has 0 bridgehead atoms. The van der Waals surface area contributed by atoms with E-state index < -0.39 is 0 Å². The molecule has 2 nitrogen and oxygen atoms in total. The molecule has 1 fully saturated rings. The van der Waals surface area contributed by atoms with E-state index in [1.165, 1.54) is 44.2 Å². The molecule has 1 aromatic rings. The average molecular weight is 219 g/mol. The van der Waals surface area contributed by atoms with Crippen molar-refractivity contribution in [2.75, 3.05) is 12.4 Å². The Labute approximate surface area is 98.0 Å². The summed E-state index contributed by atoms with van der Waals surface area (Å²) in [7, 11) is 1.70. The molecule has 0 saturated heterocycles. The van der Waals surface area contributed by atoms with Crippen LogP contribution in [-0.4, -0.2) is 13.2 Å². The van der Waals surface area contributed by atoms with Crippen LogP contribution in [-0.2, 0) is 0 Å². The molecular formula is C14H21NO. The summed E-state index contributed by atoms with van der Waals surface area (Å²) < 4.78 is 5.15. The molecule has 1 saturated carbocycles. The van der Waals surface area contributed by atoms with E-state index >= 15 is 0 Å². The van der Waals surface area contributed by atoms with Crippen LogP contribution in [0.3, 0.4) is 0 Å². The molecule has 0 unspecified atom stereocenters. The summed E-state index contributed by atoms with van der Waals surface area (Å²) in [5, 5.41) is 3.62.